The summed E-state index contributed by atoms with van der Waals surface area (Å²) in [6, 6.07) is 22.0. The second kappa shape index (κ2) is 9.22. The van der Waals surface area contributed by atoms with Crippen LogP contribution in [-0.4, -0.2) is 47.0 Å². The number of imidazole rings is 1. The van der Waals surface area contributed by atoms with Crippen molar-refractivity contribution >= 4 is 17.0 Å². The Labute approximate surface area is 200 Å². The molecule has 1 N–H and O–H groups in total. The number of carbonyl (C=O) groups is 1. The molecule has 9 nitrogen and oxygen atoms in total. The van der Waals surface area contributed by atoms with Crippen molar-refractivity contribution in [2.45, 2.75) is 0 Å². The van der Waals surface area contributed by atoms with Gasteiger partial charge in [-0.1, -0.05) is 42.5 Å². The molecule has 0 bridgehead atoms. The number of carbonyl (C=O) groups excluding carboxylic acids is 1. The maximum Gasteiger partial charge on any atom is 0.345 e. The van der Waals surface area contributed by atoms with E-state index in [0.717, 1.165) is 16.6 Å². The smallest absolute Gasteiger partial charge is 0.345 e. The molecule has 9 heteroatoms. The van der Waals surface area contributed by atoms with Gasteiger partial charge in [0, 0.05) is 11.6 Å². The van der Waals surface area contributed by atoms with Gasteiger partial charge in [0.1, 0.15) is 0 Å². The quantitative estimate of drug-likeness (QED) is 0.345. The van der Waals surface area contributed by atoms with Crippen LogP contribution in [0.1, 0.15) is 10.4 Å². The van der Waals surface area contributed by atoms with Crippen LogP contribution < -0.4 is 18.9 Å². The first kappa shape index (κ1) is 22.0. The Morgan fingerprint density at radius 2 is 1.54 bits per heavy atom. The standard InChI is InChI=1S/C26H22N4O5/c1-32-21-13-17(14-22(33-2)24(21)34-3)25(31)35-23-15-20(16-9-5-4-6-10-16)29-30(23)26-27-18-11-7-8-12-19(18)28-26/h4-15H,1-3H3,(H,27,28). The van der Waals surface area contributed by atoms with Crippen molar-refractivity contribution in [3.8, 4) is 40.3 Å². The summed E-state index contributed by atoms with van der Waals surface area (Å²) in [5, 5.41) is 4.66. The van der Waals surface area contributed by atoms with Gasteiger partial charge in [-0.25, -0.2) is 9.78 Å². The first-order chi connectivity index (χ1) is 17.1. The third kappa shape index (κ3) is 4.15. The summed E-state index contributed by atoms with van der Waals surface area (Å²) in [7, 11) is 4.46. The van der Waals surface area contributed by atoms with E-state index < -0.39 is 5.97 Å². The molecule has 0 saturated heterocycles. The molecule has 2 heterocycles. The summed E-state index contributed by atoms with van der Waals surface area (Å²) in [6.07, 6.45) is 0. The van der Waals surface area contributed by atoms with E-state index >= 15 is 0 Å². The zero-order valence-corrected chi connectivity index (χ0v) is 19.3. The minimum atomic E-state index is -0.624. The van der Waals surface area contributed by atoms with Crippen molar-refractivity contribution in [1.82, 2.24) is 19.7 Å². The maximum atomic E-state index is 13.2. The van der Waals surface area contributed by atoms with Gasteiger partial charge in [-0.2, -0.15) is 9.78 Å². The Hall–Kier alpha value is -4.79. The molecule has 5 rings (SSSR count). The first-order valence-corrected chi connectivity index (χ1v) is 10.7. The summed E-state index contributed by atoms with van der Waals surface area (Å²) in [4.78, 5) is 21.0. The highest BCUT2D eigenvalue weighted by Gasteiger charge is 2.22. The van der Waals surface area contributed by atoms with Gasteiger partial charge in [-0.15, -0.1) is 0 Å². The number of hydrogen-bond acceptors (Lipinski definition) is 7. The number of fused-ring (bicyclic) bond motifs is 1. The lowest BCUT2D eigenvalue weighted by atomic mass is 10.1. The number of aromatic nitrogens is 4. The third-order valence-corrected chi connectivity index (χ3v) is 5.42. The molecule has 0 aliphatic rings. The fourth-order valence-corrected chi connectivity index (χ4v) is 3.73. The molecule has 0 aliphatic carbocycles. The lowest BCUT2D eigenvalue weighted by molar-refractivity contribution is 0.0721. The van der Waals surface area contributed by atoms with E-state index in [1.165, 1.54) is 38.1 Å². The van der Waals surface area contributed by atoms with Crippen LogP contribution in [0.2, 0.25) is 0 Å². The van der Waals surface area contributed by atoms with Gasteiger partial charge in [0.15, 0.2) is 11.5 Å². The Bertz CT molecular complexity index is 1450. The third-order valence-electron chi connectivity index (χ3n) is 5.42. The van der Waals surface area contributed by atoms with Gasteiger partial charge in [0.2, 0.25) is 17.6 Å². The topological polar surface area (TPSA) is 100 Å². The van der Waals surface area contributed by atoms with Crippen molar-refractivity contribution in [3.63, 3.8) is 0 Å². The van der Waals surface area contributed by atoms with Gasteiger partial charge in [-0.3, -0.25) is 0 Å². The molecule has 176 valence electrons. The van der Waals surface area contributed by atoms with Crippen LogP contribution in [0, 0.1) is 0 Å². The fourth-order valence-electron chi connectivity index (χ4n) is 3.73. The summed E-state index contributed by atoms with van der Waals surface area (Å²) >= 11 is 0. The van der Waals surface area contributed by atoms with Gasteiger partial charge in [0.25, 0.3) is 0 Å². The lowest BCUT2D eigenvalue weighted by Gasteiger charge is -2.13. The van der Waals surface area contributed by atoms with E-state index in [1.54, 1.807) is 6.07 Å². The largest absolute Gasteiger partial charge is 0.493 e. The molecule has 0 radical (unpaired) electrons. The number of nitrogens with zero attached hydrogens (tertiary/aromatic N) is 3. The normalized spacial score (nSPS) is 10.8. The predicted molar refractivity (Wildman–Crippen MR) is 130 cm³/mol. The van der Waals surface area contributed by atoms with Crippen molar-refractivity contribution in [2.24, 2.45) is 0 Å². The van der Waals surface area contributed by atoms with E-state index in [0.29, 0.717) is 28.9 Å². The average Bonchev–Trinajstić information content (AvgIpc) is 3.52. The number of esters is 1. The van der Waals surface area contributed by atoms with Crippen LogP contribution in [0.4, 0.5) is 0 Å². The number of aromatic amines is 1. The summed E-state index contributed by atoms with van der Waals surface area (Å²) in [5.74, 6) is 1.05. The molecule has 35 heavy (non-hydrogen) atoms. The van der Waals surface area contributed by atoms with Crippen molar-refractivity contribution < 1.29 is 23.7 Å². The van der Waals surface area contributed by atoms with E-state index in [2.05, 4.69) is 15.1 Å². The number of ether oxygens (including phenoxy) is 4. The van der Waals surface area contributed by atoms with Crippen LogP contribution in [0.5, 0.6) is 23.1 Å². The molecule has 0 saturated carbocycles. The maximum absolute atomic E-state index is 13.2. The highest BCUT2D eigenvalue weighted by atomic mass is 16.5. The zero-order chi connectivity index (χ0) is 24.4. The zero-order valence-electron chi connectivity index (χ0n) is 19.3. The van der Waals surface area contributed by atoms with Crippen molar-refractivity contribution in [1.29, 1.82) is 0 Å². The molecule has 0 aliphatic heterocycles. The Morgan fingerprint density at radius 1 is 0.857 bits per heavy atom. The second-order valence-electron chi connectivity index (χ2n) is 7.53. The molecule has 0 amide bonds. The fraction of sp³-hybridized carbons (Fsp3) is 0.115. The van der Waals surface area contributed by atoms with Crippen LogP contribution in [-0.2, 0) is 0 Å². The number of hydrogen-bond donors (Lipinski definition) is 1. The average molecular weight is 470 g/mol. The van der Waals surface area contributed by atoms with Crippen molar-refractivity contribution in [2.75, 3.05) is 21.3 Å². The molecule has 3 aromatic carbocycles. The van der Waals surface area contributed by atoms with E-state index in [-0.39, 0.29) is 11.4 Å². The number of rotatable bonds is 7. The molecule has 0 unspecified atom stereocenters. The van der Waals surface area contributed by atoms with Gasteiger partial charge in [0.05, 0.1) is 43.6 Å². The van der Waals surface area contributed by atoms with E-state index in [4.69, 9.17) is 18.9 Å². The van der Waals surface area contributed by atoms with Crippen LogP contribution in [0.25, 0.3) is 28.2 Å². The minimum Gasteiger partial charge on any atom is -0.493 e. The van der Waals surface area contributed by atoms with Crippen molar-refractivity contribution in [3.05, 3.63) is 78.4 Å². The molecule has 5 aromatic rings. The van der Waals surface area contributed by atoms with E-state index in [9.17, 15) is 4.79 Å². The Balaban J connectivity index is 1.57. The number of para-hydroxylation sites is 2. The van der Waals surface area contributed by atoms with Gasteiger partial charge in [-0.05, 0) is 24.3 Å². The molecule has 2 aromatic heterocycles. The first-order valence-electron chi connectivity index (χ1n) is 10.7. The minimum absolute atomic E-state index is 0.196. The van der Waals surface area contributed by atoms with Gasteiger partial charge < -0.3 is 23.9 Å². The molecular formula is C26H22N4O5. The van der Waals surface area contributed by atoms with E-state index in [1.807, 2.05) is 54.6 Å². The predicted octanol–water partition coefficient (Wildman–Crippen LogP) is 4.66. The molecule has 0 fully saturated rings. The second-order valence-corrected chi connectivity index (χ2v) is 7.53. The van der Waals surface area contributed by atoms with Crippen LogP contribution in [0.15, 0.2) is 72.8 Å². The Morgan fingerprint density at radius 3 is 2.20 bits per heavy atom. The molecule has 0 atom stereocenters. The highest BCUT2D eigenvalue weighted by molar-refractivity contribution is 5.92. The Kier molecular flexibility index (Phi) is 5.80. The molecular weight excluding hydrogens is 448 g/mol. The SMILES string of the molecule is COc1cc(C(=O)Oc2cc(-c3ccccc3)nn2-c2nc3ccccc3[nH]2)cc(OC)c1OC. The highest BCUT2D eigenvalue weighted by Crippen LogP contribution is 2.38. The number of nitrogens with one attached hydrogen (secondary N) is 1. The summed E-state index contributed by atoms with van der Waals surface area (Å²) in [5.41, 5.74) is 3.31. The number of benzene rings is 3. The van der Waals surface area contributed by atoms with Gasteiger partial charge >= 0.3 is 5.97 Å². The monoisotopic (exact) mass is 470 g/mol. The van der Waals surface area contributed by atoms with Crippen LogP contribution >= 0.6 is 0 Å². The number of H-pyrrole nitrogens is 1. The lowest BCUT2D eigenvalue weighted by Crippen LogP contribution is -2.13. The summed E-state index contributed by atoms with van der Waals surface area (Å²) in [6.45, 7) is 0. The molecule has 0 spiro atoms. The summed E-state index contributed by atoms with van der Waals surface area (Å²) < 4.78 is 23.3. The number of methoxy groups -OCH3 is 3. The van der Waals surface area contributed by atoms with Crippen LogP contribution in [0.3, 0.4) is 0 Å².